The molecule has 0 saturated heterocycles. The number of unbranched alkanes of at least 4 members (excludes halogenated alkanes) is 2. The molecule has 0 aliphatic rings. The second kappa shape index (κ2) is 11.1. The van der Waals surface area contributed by atoms with Gasteiger partial charge in [-0.25, -0.2) is 4.79 Å². The minimum atomic E-state index is -0.628. The topological polar surface area (TPSA) is 86.0 Å². The normalized spacial score (nSPS) is 12.1. The second-order valence-electron chi connectivity index (χ2n) is 6.25. The number of hydrogen-bond donors (Lipinski definition) is 1. The van der Waals surface area contributed by atoms with Gasteiger partial charge in [-0.15, -0.1) is 0 Å². The quantitative estimate of drug-likeness (QED) is 0.476. The summed E-state index contributed by atoms with van der Waals surface area (Å²) in [6.07, 6.45) is 7.44. The van der Waals surface area contributed by atoms with Crippen LogP contribution in [0.2, 0.25) is 0 Å². The number of aliphatic hydroxyl groups is 1. The van der Waals surface area contributed by atoms with Crippen molar-refractivity contribution in [2.75, 3.05) is 6.61 Å². The highest BCUT2D eigenvalue weighted by molar-refractivity contribution is 5.89. The van der Waals surface area contributed by atoms with Gasteiger partial charge in [0.15, 0.2) is 5.76 Å². The first-order chi connectivity index (χ1) is 13.5. The van der Waals surface area contributed by atoms with Crippen molar-refractivity contribution < 1.29 is 23.8 Å². The summed E-state index contributed by atoms with van der Waals surface area (Å²) >= 11 is 0. The van der Waals surface area contributed by atoms with Gasteiger partial charge >= 0.3 is 5.97 Å². The summed E-state index contributed by atoms with van der Waals surface area (Å²) in [5.74, 6) is 0.0228. The fourth-order valence-corrected chi connectivity index (χ4v) is 2.55. The molecular formula is C22H26O6. The number of carbonyl (C=O) groups excluding carboxylic acids is 1. The van der Waals surface area contributed by atoms with E-state index in [9.17, 15) is 14.7 Å². The smallest absolute Gasteiger partial charge is 0.338 e. The lowest BCUT2D eigenvalue weighted by atomic mass is 10.1. The molecule has 1 N–H and O–H groups in total. The number of carbonyl (C=O) groups is 1. The van der Waals surface area contributed by atoms with Crippen LogP contribution in [-0.4, -0.2) is 23.8 Å². The van der Waals surface area contributed by atoms with Gasteiger partial charge in [0.1, 0.15) is 5.75 Å². The van der Waals surface area contributed by atoms with Crippen LogP contribution in [0.4, 0.5) is 0 Å². The van der Waals surface area contributed by atoms with Crippen LogP contribution < -0.4 is 10.2 Å². The standard InChI is InChI=1S/C22H26O6/c1-3-5-6-9-17(23)11-12-20-21(19(24)13-14-27-20)28-18-10-7-8-16(15-18)22(25)26-4-2/h7-8,10-15,17,23H,3-6,9H2,1-2H3/b12-11+. The third-order valence-corrected chi connectivity index (χ3v) is 4.00. The van der Waals surface area contributed by atoms with Crippen LogP contribution in [0.25, 0.3) is 6.08 Å². The van der Waals surface area contributed by atoms with Crippen LogP contribution in [0.15, 0.2) is 51.9 Å². The van der Waals surface area contributed by atoms with Crippen molar-refractivity contribution in [3.05, 3.63) is 64.2 Å². The molecule has 1 atom stereocenters. The maximum absolute atomic E-state index is 12.2. The van der Waals surface area contributed by atoms with E-state index in [2.05, 4.69) is 6.92 Å². The molecule has 0 fully saturated rings. The summed E-state index contributed by atoms with van der Waals surface area (Å²) in [4.78, 5) is 24.1. The molecule has 28 heavy (non-hydrogen) atoms. The Morgan fingerprint density at radius 2 is 2.07 bits per heavy atom. The average Bonchev–Trinajstić information content (AvgIpc) is 2.69. The second-order valence-corrected chi connectivity index (χ2v) is 6.25. The highest BCUT2D eigenvalue weighted by atomic mass is 16.5. The lowest BCUT2D eigenvalue weighted by Crippen LogP contribution is -2.07. The lowest BCUT2D eigenvalue weighted by Gasteiger charge is -2.09. The van der Waals surface area contributed by atoms with E-state index in [0.29, 0.717) is 17.7 Å². The first-order valence-electron chi connectivity index (χ1n) is 9.48. The molecule has 0 aliphatic heterocycles. The third kappa shape index (κ3) is 6.39. The zero-order valence-electron chi connectivity index (χ0n) is 16.2. The van der Waals surface area contributed by atoms with Crippen LogP contribution in [0.3, 0.4) is 0 Å². The van der Waals surface area contributed by atoms with Crippen LogP contribution >= 0.6 is 0 Å². The average molecular weight is 386 g/mol. The van der Waals surface area contributed by atoms with E-state index in [1.807, 2.05) is 0 Å². The van der Waals surface area contributed by atoms with Crippen molar-refractivity contribution >= 4 is 12.0 Å². The zero-order valence-corrected chi connectivity index (χ0v) is 16.2. The predicted octanol–water partition coefficient (Wildman–Crippen LogP) is 4.56. The van der Waals surface area contributed by atoms with E-state index >= 15 is 0 Å². The van der Waals surface area contributed by atoms with Crippen molar-refractivity contribution in [2.24, 2.45) is 0 Å². The van der Waals surface area contributed by atoms with Crippen molar-refractivity contribution in [3.63, 3.8) is 0 Å². The van der Waals surface area contributed by atoms with Gasteiger partial charge in [0.05, 0.1) is 24.5 Å². The summed E-state index contributed by atoms with van der Waals surface area (Å²) in [6.45, 7) is 4.09. The molecular weight excluding hydrogens is 360 g/mol. The number of benzene rings is 1. The Hall–Kier alpha value is -2.86. The van der Waals surface area contributed by atoms with Crippen molar-refractivity contribution in [2.45, 2.75) is 45.6 Å². The van der Waals surface area contributed by atoms with E-state index in [1.54, 1.807) is 31.2 Å². The fourth-order valence-electron chi connectivity index (χ4n) is 2.55. The summed E-state index contributed by atoms with van der Waals surface area (Å²) in [7, 11) is 0. The molecule has 0 radical (unpaired) electrons. The van der Waals surface area contributed by atoms with Crippen LogP contribution in [-0.2, 0) is 4.74 Å². The van der Waals surface area contributed by atoms with E-state index < -0.39 is 12.1 Å². The highest BCUT2D eigenvalue weighted by Gasteiger charge is 2.13. The number of aliphatic hydroxyl groups excluding tert-OH is 1. The lowest BCUT2D eigenvalue weighted by molar-refractivity contribution is 0.0526. The summed E-state index contributed by atoms with van der Waals surface area (Å²) in [6, 6.07) is 7.62. The first kappa shape index (κ1) is 21.4. The molecule has 0 aliphatic carbocycles. The predicted molar refractivity (Wildman–Crippen MR) is 107 cm³/mol. The Kier molecular flexibility index (Phi) is 8.49. The zero-order chi connectivity index (χ0) is 20.4. The molecule has 6 heteroatoms. The molecule has 0 spiro atoms. The third-order valence-electron chi connectivity index (χ3n) is 4.00. The van der Waals surface area contributed by atoms with E-state index in [4.69, 9.17) is 13.9 Å². The largest absolute Gasteiger partial charge is 0.462 e. The monoisotopic (exact) mass is 386 g/mol. The molecule has 6 nitrogen and oxygen atoms in total. The maximum Gasteiger partial charge on any atom is 0.338 e. The van der Waals surface area contributed by atoms with Gasteiger partial charge in [-0.1, -0.05) is 38.3 Å². The molecule has 150 valence electrons. The Morgan fingerprint density at radius 1 is 1.25 bits per heavy atom. The van der Waals surface area contributed by atoms with Crippen LogP contribution in [0, 0.1) is 0 Å². The molecule has 0 amide bonds. The molecule has 1 unspecified atom stereocenters. The van der Waals surface area contributed by atoms with Gasteiger partial charge in [0, 0.05) is 6.07 Å². The number of rotatable bonds is 10. The van der Waals surface area contributed by atoms with Crippen LogP contribution in [0.1, 0.15) is 55.6 Å². The van der Waals surface area contributed by atoms with Gasteiger partial charge in [-0.3, -0.25) is 4.79 Å². The fraction of sp³-hybridized carbons (Fsp3) is 0.364. The van der Waals surface area contributed by atoms with E-state index in [-0.39, 0.29) is 23.5 Å². The summed E-state index contributed by atoms with van der Waals surface area (Å²) in [5.41, 5.74) is -0.0454. The minimum absolute atomic E-state index is 0.0134. The summed E-state index contributed by atoms with van der Waals surface area (Å²) < 4.78 is 16.1. The Balaban J connectivity index is 2.19. The number of esters is 1. The number of hydrogen-bond acceptors (Lipinski definition) is 6. The number of ether oxygens (including phenoxy) is 2. The Morgan fingerprint density at radius 3 is 2.82 bits per heavy atom. The van der Waals surface area contributed by atoms with Gasteiger partial charge in [0.2, 0.25) is 11.2 Å². The van der Waals surface area contributed by atoms with Gasteiger partial charge in [-0.2, -0.15) is 0 Å². The van der Waals surface area contributed by atoms with Crippen molar-refractivity contribution in [1.82, 2.24) is 0 Å². The minimum Gasteiger partial charge on any atom is -0.462 e. The van der Waals surface area contributed by atoms with Crippen molar-refractivity contribution in [1.29, 1.82) is 0 Å². The Bertz CT molecular complexity index is 852. The van der Waals surface area contributed by atoms with E-state index in [1.165, 1.54) is 24.5 Å². The van der Waals surface area contributed by atoms with Crippen LogP contribution in [0.5, 0.6) is 11.5 Å². The molecule has 0 bridgehead atoms. The molecule has 2 aromatic rings. The summed E-state index contributed by atoms with van der Waals surface area (Å²) in [5, 5.41) is 10.0. The molecule has 1 aromatic heterocycles. The molecule has 0 saturated carbocycles. The van der Waals surface area contributed by atoms with Gasteiger partial charge in [-0.05, 0) is 37.6 Å². The maximum atomic E-state index is 12.2. The van der Waals surface area contributed by atoms with Gasteiger partial charge < -0.3 is 19.0 Å². The van der Waals surface area contributed by atoms with Gasteiger partial charge in [0.25, 0.3) is 0 Å². The highest BCUT2D eigenvalue weighted by Crippen LogP contribution is 2.24. The van der Waals surface area contributed by atoms with Crippen molar-refractivity contribution in [3.8, 4) is 11.5 Å². The molecule has 1 aromatic carbocycles. The molecule has 2 rings (SSSR count). The Labute approximate surface area is 164 Å². The first-order valence-corrected chi connectivity index (χ1v) is 9.48. The molecule has 1 heterocycles. The SMILES string of the molecule is CCCCCC(O)/C=C/c1occc(=O)c1Oc1cccc(C(=O)OCC)c1. The van der Waals surface area contributed by atoms with E-state index in [0.717, 1.165) is 19.3 Å².